The van der Waals surface area contributed by atoms with Crippen LogP contribution in [0.15, 0.2) is 66.5 Å². The Bertz CT molecular complexity index is 1270. The van der Waals surface area contributed by atoms with Crippen molar-refractivity contribution in [3.05, 3.63) is 87.2 Å². The number of benzene rings is 2. The third-order valence-corrected chi connectivity index (χ3v) is 4.94. The first-order valence-corrected chi connectivity index (χ1v) is 9.58. The van der Waals surface area contributed by atoms with Gasteiger partial charge in [0.15, 0.2) is 5.11 Å². The zero-order valence-corrected chi connectivity index (χ0v) is 17.1. The molecule has 9 nitrogen and oxygen atoms in total. The summed E-state index contributed by atoms with van der Waals surface area (Å²) in [7, 11) is 0. The second kappa shape index (κ2) is 8.09. The summed E-state index contributed by atoms with van der Waals surface area (Å²) in [6.07, 6.45) is 4.36. The normalized spacial score (nSPS) is 15.3. The Hall–Kier alpha value is -3.89. The molecule has 2 aromatic carbocycles. The predicted octanol–water partition coefficient (Wildman–Crippen LogP) is 3.27. The summed E-state index contributed by atoms with van der Waals surface area (Å²) in [5, 5.41) is 18.1. The molecular weight excluding hydrogens is 442 g/mol. The van der Waals surface area contributed by atoms with Gasteiger partial charge in [-0.3, -0.25) is 29.9 Å². The van der Waals surface area contributed by atoms with Crippen molar-refractivity contribution in [3.8, 4) is 5.69 Å². The zero-order valence-electron chi connectivity index (χ0n) is 15.6. The number of carbonyl (C=O) groups is 2. The molecule has 0 saturated carbocycles. The lowest BCUT2D eigenvalue weighted by Crippen LogP contribution is -2.54. The van der Waals surface area contributed by atoms with E-state index in [1.54, 1.807) is 36.5 Å². The van der Waals surface area contributed by atoms with Gasteiger partial charge in [0.1, 0.15) is 5.57 Å². The molecule has 0 radical (unpaired) electrons. The highest BCUT2D eigenvalue weighted by molar-refractivity contribution is 7.80. The lowest BCUT2D eigenvalue weighted by atomic mass is 10.1. The van der Waals surface area contributed by atoms with Crippen molar-refractivity contribution in [2.75, 3.05) is 4.90 Å². The number of hydrogen-bond acceptors (Lipinski definition) is 6. The molecule has 1 aliphatic rings. The van der Waals surface area contributed by atoms with Crippen molar-refractivity contribution in [1.29, 1.82) is 0 Å². The number of carbonyl (C=O) groups excluding carboxylic acids is 2. The number of hydrogen-bond donors (Lipinski definition) is 1. The molecule has 0 aliphatic carbocycles. The van der Waals surface area contributed by atoms with E-state index in [4.69, 9.17) is 23.8 Å². The van der Waals surface area contributed by atoms with Gasteiger partial charge in [0, 0.05) is 28.9 Å². The Morgan fingerprint density at radius 1 is 1.13 bits per heavy atom. The maximum Gasteiger partial charge on any atom is 0.271 e. The van der Waals surface area contributed by atoms with Gasteiger partial charge in [-0.05, 0) is 48.6 Å². The Balaban J connectivity index is 1.66. The lowest BCUT2D eigenvalue weighted by molar-refractivity contribution is -0.384. The Labute approximate surface area is 185 Å². The van der Waals surface area contributed by atoms with Crippen LogP contribution in [0.3, 0.4) is 0 Å². The zero-order chi connectivity index (χ0) is 22.1. The molecule has 0 atom stereocenters. The number of nitro groups is 1. The van der Waals surface area contributed by atoms with Crippen LogP contribution in [0, 0.1) is 10.1 Å². The average Bonchev–Trinajstić information content (AvgIpc) is 3.21. The summed E-state index contributed by atoms with van der Waals surface area (Å²) < 4.78 is 1.41. The van der Waals surface area contributed by atoms with Gasteiger partial charge in [0.25, 0.3) is 17.5 Å². The Kier molecular flexibility index (Phi) is 5.32. The fourth-order valence-electron chi connectivity index (χ4n) is 2.95. The largest absolute Gasteiger partial charge is 0.298 e. The van der Waals surface area contributed by atoms with Crippen molar-refractivity contribution >= 4 is 58.2 Å². The van der Waals surface area contributed by atoms with E-state index in [1.807, 2.05) is 0 Å². The van der Waals surface area contributed by atoms with Crippen LogP contribution in [0.1, 0.15) is 5.56 Å². The third-order valence-electron chi connectivity index (χ3n) is 4.41. The van der Waals surface area contributed by atoms with Crippen molar-refractivity contribution in [1.82, 2.24) is 15.1 Å². The molecule has 4 rings (SSSR count). The van der Waals surface area contributed by atoms with Gasteiger partial charge < -0.3 is 0 Å². The van der Waals surface area contributed by atoms with Crippen LogP contribution in [0.4, 0.5) is 11.4 Å². The molecule has 31 heavy (non-hydrogen) atoms. The number of anilines is 1. The fourth-order valence-corrected chi connectivity index (χ4v) is 3.36. The molecule has 11 heteroatoms. The van der Waals surface area contributed by atoms with Crippen molar-refractivity contribution in [3.63, 3.8) is 0 Å². The summed E-state index contributed by atoms with van der Waals surface area (Å²) in [6.45, 7) is 0. The number of thiocarbonyl (C=S) groups is 1. The van der Waals surface area contributed by atoms with Crippen molar-refractivity contribution in [2.24, 2.45) is 0 Å². The quantitative estimate of drug-likeness (QED) is 0.213. The lowest BCUT2D eigenvalue weighted by Gasteiger charge is -2.28. The van der Waals surface area contributed by atoms with E-state index in [1.165, 1.54) is 40.1 Å². The van der Waals surface area contributed by atoms with Crippen LogP contribution in [-0.4, -0.2) is 31.6 Å². The van der Waals surface area contributed by atoms with Crippen LogP contribution in [0.25, 0.3) is 11.8 Å². The van der Waals surface area contributed by atoms with E-state index in [-0.39, 0.29) is 16.4 Å². The highest BCUT2D eigenvalue weighted by Crippen LogP contribution is 2.24. The van der Waals surface area contributed by atoms with Gasteiger partial charge in [-0.25, -0.2) is 4.68 Å². The highest BCUT2D eigenvalue weighted by Gasteiger charge is 2.34. The van der Waals surface area contributed by atoms with Gasteiger partial charge in [0.05, 0.1) is 22.5 Å². The first kappa shape index (κ1) is 20.4. The number of nitrogens with zero attached hydrogens (tertiary/aromatic N) is 4. The Morgan fingerprint density at radius 3 is 2.58 bits per heavy atom. The van der Waals surface area contributed by atoms with Gasteiger partial charge >= 0.3 is 0 Å². The van der Waals surface area contributed by atoms with Gasteiger partial charge in [-0.2, -0.15) is 5.10 Å². The summed E-state index contributed by atoms with van der Waals surface area (Å²) in [4.78, 5) is 37.1. The molecule has 2 heterocycles. The van der Waals surface area contributed by atoms with Crippen molar-refractivity contribution < 1.29 is 14.5 Å². The molecule has 1 aromatic heterocycles. The average molecular weight is 454 g/mol. The summed E-state index contributed by atoms with van der Waals surface area (Å²) in [6, 6.07) is 12.4. The summed E-state index contributed by atoms with van der Waals surface area (Å²) >= 11 is 11.1. The maximum atomic E-state index is 13.0. The molecule has 3 aromatic rings. The van der Waals surface area contributed by atoms with Crippen LogP contribution in [0.2, 0.25) is 5.02 Å². The molecule has 2 amide bonds. The molecule has 1 N–H and O–H groups in total. The second-order valence-corrected chi connectivity index (χ2v) is 7.25. The first-order chi connectivity index (χ1) is 14.8. The SMILES string of the molecule is O=C1NC(=S)N(c2ccc(Cl)cc2)C(=O)C1=Cc1cnn(-c2cccc([N+](=O)[O-])c2)c1. The molecular formula is C20H12ClN5O4S. The molecule has 0 unspecified atom stereocenters. The number of non-ortho nitro benzene ring substituents is 1. The minimum Gasteiger partial charge on any atom is -0.298 e. The first-order valence-electron chi connectivity index (χ1n) is 8.80. The number of amides is 2. The standard InChI is InChI=1S/C20H12ClN5O4S/c21-13-4-6-14(7-5-13)25-19(28)17(18(27)23-20(25)31)8-12-10-22-24(11-12)15-2-1-3-16(9-15)26(29)30/h1-11H,(H,23,27,31). The van der Waals surface area contributed by atoms with Crippen LogP contribution >= 0.6 is 23.8 Å². The summed E-state index contributed by atoms with van der Waals surface area (Å²) in [5.41, 5.74) is 1.15. The number of halogens is 1. The number of aromatic nitrogens is 2. The minimum atomic E-state index is -0.636. The fraction of sp³-hybridized carbons (Fsp3) is 0. The van der Waals surface area contributed by atoms with Crippen LogP contribution in [-0.2, 0) is 9.59 Å². The van der Waals surface area contributed by atoms with E-state index in [0.717, 1.165) is 0 Å². The molecule has 1 fully saturated rings. The van der Waals surface area contributed by atoms with Crippen LogP contribution in [0.5, 0.6) is 0 Å². The second-order valence-electron chi connectivity index (χ2n) is 6.43. The van der Waals surface area contributed by atoms with Gasteiger partial charge in [0.2, 0.25) is 0 Å². The molecule has 0 bridgehead atoms. The predicted molar refractivity (Wildman–Crippen MR) is 118 cm³/mol. The molecule has 1 aliphatic heterocycles. The molecule has 0 spiro atoms. The number of nitro benzene ring substituents is 1. The maximum absolute atomic E-state index is 13.0. The van der Waals surface area contributed by atoms with E-state index in [0.29, 0.717) is 22.0 Å². The minimum absolute atomic E-state index is 0.0400. The number of nitrogens with one attached hydrogen (secondary N) is 1. The van der Waals surface area contributed by atoms with Crippen LogP contribution < -0.4 is 10.2 Å². The topological polar surface area (TPSA) is 110 Å². The monoisotopic (exact) mass is 453 g/mol. The van der Waals surface area contributed by atoms with E-state index < -0.39 is 16.7 Å². The highest BCUT2D eigenvalue weighted by atomic mass is 35.5. The summed E-state index contributed by atoms with van der Waals surface area (Å²) in [5.74, 6) is -1.23. The third kappa shape index (κ3) is 4.06. The number of rotatable bonds is 4. The van der Waals surface area contributed by atoms with Gasteiger partial charge in [-0.15, -0.1) is 0 Å². The molecule has 154 valence electrons. The smallest absolute Gasteiger partial charge is 0.271 e. The van der Waals surface area contributed by atoms with Crippen molar-refractivity contribution in [2.45, 2.75) is 0 Å². The molecule has 1 saturated heterocycles. The van der Waals surface area contributed by atoms with Gasteiger partial charge in [-0.1, -0.05) is 17.7 Å². The van der Waals surface area contributed by atoms with E-state index in [2.05, 4.69) is 10.4 Å². The van der Waals surface area contributed by atoms with E-state index >= 15 is 0 Å². The Morgan fingerprint density at radius 2 is 1.87 bits per heavy atom. The van der Waals surface area contributed by atoms with E-state index in [9.17, 15) is 19.7 Å².